The SMILES string of the molecule is CC/C=C\C/C=C\C/C=C\C/C=C\CCCCCCCCCCCOCC(COC1OC(COC2OC(CO)C(O)C(O)C2O)C(O)C(O)C1O)OC(=O)CCCCCCCCCCC. The molecule has 0 aromatic rings. The van der Waals surface area contributed by atoms with Crippen molar-refractivity contribution in [2.45, 2.75) is 235 Å². The van der Waals surface area contributed by atoms with E-state index in [1.807, 2.05) is 0 Å². The van der Waals surface area contributed by atoms with Gasteiger partial charge in [0.15, 0.2) is 12.6 Å². The first-order valence-electron chi connectivity index (χ1n) is 25.2. The van der Waals surface area contributed by atoms with Crippen LogP contribution < -0.4 is 0 Å². The van der Waals surface area contributed by atoms with Gasteiger partial charge in [-0.25, -0.2) is 0 Å². The molecule has 2 aliphatic heterocycles. The van der Waals surface area contributed by atoms with Gasteiger partial charge in [0, 0.05) is 13.0 Å². The molecule has 0 radical (unpaired) electrons. The van der Waals surface area contributed by atoms with Gasteiger partial charge >= 0.3 is 5.97 Å². The number of esters is 1. The third-order valence-corrected chi connectivity index (χ3v) is 11.9. The second-order valence-corrected chi connectivity index (χ2v) is 17.6. The maximum atomic E-state index is 12.9. The van der Waals surface area contributed by atoms with Crippen LogP contribution in [0, 0.1) is 0 Å². The molecule has 0 amide bonds. The summed E-state index contributed by atoms with van der Waals surface area (Å²) in [5.74, 6) is -0.383. The van der Waals surface area contributed by atoms with Gasteiger partial charge in [0.1, 0.15) is 54.9 Å². The molecule has 0 aromatic carbocycles. The summed E-state index contributed by atoms with van der Waals surface area (Å²) in [5, 5.41) is 72.0. The van der Waals surface area contributed by atoms with Crippen molar-refractivity contribution in [3.63, 3.8) is 0 Å². The standard InChI is InChI=1S/C51H90O14/c1-3-5-7-9-11-13-14-15-16-17-18-19-20-21-22-23-24-25-27-29-31-33-35-60-37-40(63-43(53)34-32-30-28-26-12-10-8-6-4-2)38-61-50-49(59)47(57)45(55)42(65-50)39-62-51-48(58)46(56)44(54)41(36-52)64-51/h5,7,11,13,15-16,18-19,40-42,44-52,54-59H,3-4,6,8-10,12,14,17,20-39H2,1-2H3/b7-5-,13-11-,16-15-,19-18-. The van der Waals surface area contributed by atoms with E-state index in [1.54, 1.807) is 0 Å². The summed E-state index contributed by atoms with van der Waals surface area (Å²) in [4.78, 5) is 12.9. The van der Waals surface area contributed by atoms with Crippen LogP contribution in [0.15, 0.2) is 48.6 Å². The number of carbonyl (C=O) groups is 1. The van der Waals surface area contributed by atoms with Crippen LogP contribution in [0.1, 0.15) is 168 Å². The Balaban J connectivity index is 1.72. The molecule has 14 heteroatoms. The van der Waals surface area contributed by atoms with E-state index in [4.69, 9.17) is 28.4 Å². The summed E-state index contributed by atoms with van der Waals surface area (Å²) in [6, 6.07) is 0. The second-order valence-electron chi connectivity index (χ2n) is 17.6. The quantitative estimate of drug-likeness (QED) is 0.0185. The lowest BCUT2D eigenvalue weighted by Crippen LogP contribution is -2.61. The van der Waals surface area contributed by atoms with Crippen LogP contribution in [0.5, 0.6) is 0 Å². The van der Waals surface area contributed by atoms with E-state index in [0.717, 1.165) is 70.6 Å². The van der Waals surface area contributed by atoms with Crippen LogP contribution in [-0.2, 0) is 33.2 Å². The van der Waals surface area contributed by atoms with Crippen molar-refractivity contribution in [2.24, 2.45) is 0 Å². The van der Waals surface area contributed by atoms with E-state index >= 15 is 0 Å². The number of ether oxygens (including phenoxy) is 6. The summed E-state index contributed by atoms with van der Waals surface area (Å²) >= 11 is 0. The van der Waals surface area contributed by atoms with Gasteiger partial charge < -0.3 is 64.2 Å². The molecule has 2 aliphatic rings. The molecule has 11 unspecified atom stereocenters. The fraction of sp³-hybridized carbons (Fsp3) is 0.824. The molecule has 0 spiro atoms. The molecule has 2 rings (SSSR count). The van der Waals surface area contributed by atoms with Crippen LogP contribution in [0.25, 0.3) is 0 Å². The number of aliphatic hydroxyl groups excluding tert-OH is 7. The highest BCUT2D eigenvalue weighted by molar-refractivity contribution is 5.69. The Bertz CT molecular complexity index is 1260. The van der Waals surface area contributed by atoms with Crippen molar-refractivity contribution in [2.75, 3.05) is 33.0 Å². The number of aliphatic hydroxyl groups is 7. The van der Waals surface area contributed by atoms with Gasteiger partial charge in [0.2, 0.25) is 0 Å². The number of allylic oxidation sites excluding steroid dienone is 8. The molecular formula is C51H90O14. The van der Waals surface area contributed by atoms with Crippen molar-refractivity contribution in [3.8, 4) is 0 Å². The average Bonchev–Trinajstić information content (AvgIpc) is 3.30. The third kappa shape index (κ3) is 26.9. The van der Waals surface area contributed by atoms with Crippen molar-refractivity contribution < 1.29 is 69.0 Å². The van der Waals surface area contributed by atoms with Crippen LogP contribution in [0.3, 0.4) is 0 Å². The normalized spacial score (nSPS) is 26.9. The van der Waals surface area contributed by atoms with Crippen LogP contribution in [0.2, 0.25) is 0 Å². The maximum absolute atomic E-state index is 12.9. The zero-order valence-corrected chi connectivity index (χ0v) is 40.0. The van der Waals surface area contributed by atoms with Gasteiger partial charge in [-0.05, 0) is 51.4 Å². The van der Waals surface area contributed by atoms with Crippen molar-refractivity contribution >= 4 is 5.97 Å². The first-order valence-corrected chi connectivity index (χ1v) is 25.2. The average molecular weight is 927 g/mol. The molecule has 0 bridgehead atoms. The fourth-order valence-electron chi connectivity index (χ4n) is 7.75. The highest BCUT2D eigenvalue weighted by Crippen LogP contribution is 2.26. The Labute approximate surface area is 391 Å². The molecule has 14 nitrogen and oxygen atoms in total. The van der Waals surface area contributed by atoms with Crippen molar-refractivity contribution in [1.82, 2.24) is 0 Å². The highest BCUT2D eigenvalue weighted by atomic mass is 16.7. The maximum Gasteiger partial charge on any atom is 0.306 e. The first kappa shape index (κ1) is 59.1. The predicted octanol–water partition coefficient (Wildman–Crippen LogP) is 7.18. The van der Waals surface area contributed by atoms with Gasteiger partial charge in [0.05, 0.1) is 26.4 Å². The highest BCUT2D eigenvalue weighted by Gasteiger charge is 2.47. The van der Waals surface area contributed by atoms with E-state index < -0.39 is 80.7 Å². The van der Waals surface area contributed by atoms with E-state index in [9.17, 15) is 40.5 Å². The van der Waals surface area contributed by atoms with Crippen LogP contribution in [0.4, 0.5) is 0 Å². The molecule has 11 atom stereocenters. The number of hydrogen-bond donors (Lipinski definition) is 7. The topological polar surface area (TPSA) is 214 Å². The van der Waals surface area contributed by atoms with Crippen LogP contribution >= 0.6 is 0 Å². The number of hydrogen-bond acceptors (Lipinski definition) is 14. The summed E-state index contributed by atoms with van der Waals surface area (Å²) < 4.78 is 34.2. The molecule has 65 heavy (non-hydrogen) atoms. The molecule has 2 fully saturated rings. The minimum atomic E-state index is -1.71. The zero-order chi connectivity index (χ0) is 47.3. The molecule has 0 aromatic heterocycles. The van der Waals surface area contributed by atoms with E-state index in [-0.39, 0.29) is 25.6 Å². The summed E-state index contributed by atoms with van der Waals surface area (Å²) in [6.45, 7) is 3.53. The van der Waals surface area contributed by atoms with Gasteiger partial charge in [-0.2, -0.15) is 0 Å². The number of rotatable bonds is 39. The van der Waals surface area contributed by atoms with E-state index in [2.05, 4.69) is 62.5 Å². The Morgan fingerprint density at radius 1 is 0.523 bits per heavy atom. The molecule has 2 heterocycles. The lowest BCUT2D eigenvalue weighted by Gasteiger charge is -2.42. The van der Waals surface area contributed by atoms with Gasteiger partial charge in [-0.15, -0.1) is 0 Å². The lowest BCUT2D eigenvalue weighted by atomic mass is 9.98. The Morgan fingerprint density at radius 3 is 1.57 bits per heavy atom. The van der Waals surface area contributed by atoms with E-state index in [1.165, 1.54) is 70.6 Å². The molecule has 2 saturated heterocycles. The monoisotopic (exact) mass is 927 g/mol. The molecule has 378 valence electrons. The minimum Gasteiger partial charge on any atom is -0.457 e. The molecular weight excluding hydrogens is 837 g/mol. The Kier molecular flexibility index (Phi) is 35.3. The van der Waals surface area contributed by atoms with Gasteiger partial charge in [-0.1, -0.05) is 159 Å². The molecule has 0 aliphatic carbocycles. The summed E-state index contributed by atoms with van der Waals surface area (Å²) in [5.41, 5.74) is 0. The Hall–Kier alpha value is -2.05. The van der Waals surface area contributed by atoms with Gasteiger partial charge in [0.25, 0.3) is 0 Å². The first-order chi connectivity index (χ1) is 31.6. The molecule has 7 N–H and O–H groups in total. The van der Waals surface area contributed by atoms with Crippen LogP contribution in [-0.4, -0.2) is 142 Å². The van der Waals surface area contributed by atoms with Crippen molar-refractivity contribution in [1.29, 1.82) is 0 Å². The van der Waals surface area contributed by atoms with Gasteiger partial charge in [-0.3, -0.25) is 4.79 Å². The predicted molar refractivity (Wildman–Crippen MR) is 252 cm³/mol. The minimum absolute atomic E-state index is 0.0576. The smallest absolute Gasteiger partial charge is 0.306 e. The lowest BCUT2D eigenvalue weighted by molar-refractivity contribution is -0.332. The van der Waals surface area contributed by atoms with Crippen molar-refractivity contribution in [3.05, 3.63) is 48.6 Å². The zero-order valence-electron chi connectivity index (χ0n) is 40.0. The Morgan fingerprint density at radius 2 is 1.00 bits per heavy atom. The summed E-state index contributed by atoms with van der Waals surface area (Å²) in [7, 11) is 0. The fourth-order valence-corrected chi connectivity index (χ4v) is 7.75. The number of unbranched alkanes of at least 4 members (excludes halogenated alkanes) is 17. The van der Waals surface area contributed by atoms with E-state index in [0.29, 0.717) is 13.0 Å². The third-order valence-electron chi connectivity index (χ3n) is 11.9. The summed E-state index contributed by atoms with van der Waals surface area (Å²) in [6.07, 6.45) is 27.6. The second kappa shape index (κ2) is 38.9. The number of carbonyl (C=O) groups excluding carboxylic acids is 1. The largest absolute Gasteiger partial charge is 0.457 e. The molecule has 0 saturated carbocycles.